The maximum atomic E-state index is 10.5. The van der Waals surface area contributed by atoms with E-state index in [4.69, 9.17) is 4.74 Å². The van der Waals surface area contributed by atoms with Crippen LogP contribution in [-0.2, 0) is 7.05 Å². The van der Waals surface area contributed by atoms with Crippen LogP contribution in [0.25, 0.3) is 0 Å². The second-order valence-corrected chi connectivity index (χ2v) is 7.31. The monoisotopic (exact) mass is 528 g/mol. The first-order chi connectivity index (χ1) is 14.1. The van der Waals surface area contributed by atoms with Crippen molar-refractivity contribution in [3.63, 3.8) is 0 Å². The van der Waals surface area contributed by atoms with Crippen molar-refractivity contribution in [1.29, 1.82) is 0 Å². The molecule has 0 spiro atoms. The van der Waals surface area contributed by atoms with Crippen molar-refractivity contribution < 1.29 is 9.84 Å². The third-order valence-electron chi connectivity index (χ3n) is 5.06. The van der Waals surface area contributed by atoms with Crippen LogP contribution in [0.15, 0.2) is 41.7 Å². The number of aliphatic hydroxyl groups excluding tert-OH is 1. The fourth-order valence-corrected chi connectivity index (χ4v) is 3.55. The molecule has 0 bridgehead atoms. The van der Waals surface area contributed by atoms with Gasteiger partial charge in [0, 0.05) is 38.9 Å². The summed E-state index contributed by atoms with van der Waals surface area (Å²) in [5.74, 6) is 1.46. The summed E-state index contributed by atoms with van der Waals surface area (Å²) in [5, 5.41) is 21.6. The van der Waals surface area contributed by atoms with Crippen molar-refractivity contribution in [3.05, 3.63) is 42.2 Å². The summed E-state index contributed by atoms with van der Waals surface area (Å²) in [7, 11) is 3.56. The smallest absolute Gasteiger partial charge is 0.191 e. The minimum atomic E-state index is -0.682. The van der Waals surface area contributed by atoms with Crippen LogP contribution >= 0.6 is 24.0 Å². The van der Waals surface area contributed by atoms with Gasteiger partial charge in [-0.05, 0) is 37.5 Å². The molecule has 1 fully saturated rings. The van der Waals surface area contributed by atoms with Crippen LogP contribution in [-0.4, -0.2) is 60.2 Å². The summed E-state index contributed by atoms with van der Waals surface area (Å²) in [6, 6.07) is 7.75. The van der Waals surface area contributed by atoms with Crippen molar-refractivity contribution in [2.45, 2.75) is 31.9 Å². The number of aliphatic imine (C=N–C) groups is 1. The number of piperidine rings is 1. The molecule has 0 radical (unpaired) electrons. The van der Waals surface area contributed by atoms with Gasteiger partial charge in [0.05, 0.1) is 31.6 Å². The fourth-order valence-electron chi connectivity index (χ4n) is 3.55. The van der Waals surface area contributed by atoms with Crippen molar-refractivity contribution in [1.82, 2.24) is 20.4 Å². The van der Waals surface area contributed by atoms with E-state index in [1.807, 2.05) is 55.3 Å². The third-order valence-corrected chi connectivity index (χ3v) is 5.06. The van der Waals surface area contributed by atoms with E-state index in [2.05, 4.69) is 25.6 Å². The summed E-state index contributed by atoms with van der Waals surface area (Å²) in [6.07, 6.45) is 5.47. The van der Waals surface area contributed by atoms with Gasteiger partial charge < -0.3 is 25.4 Å². The van der Waals surface area contributed by atoms with Gasteiger partial charge in [0.1, 0.15) is 5.75 Å². The summed E-state index contributed by atoms with van der Waals surface area (Å²) >= 11 is 0. The fraction of sp³-hybridized carbons (Fsp3) is 0.524. The number of ether oxygens (including phenoxy) is 1. The molecule has 3 rings (SSSR count). The third kappa shape index (κ3) is 6.76. The lowest BCUT2D eigenvalue weighted by atomic mass is 10.1. The molecule has 2 heterocycles. The second kappa shape index (κ2) is 12.0. The van der Waals surface area contributed by atoms with Crippen molar-refractivity contribution in [2.75, 3.05) is 38.2 Å². The largest absolute Gasteiger partial charge is 0.497 e. The second-order valence-electron chi connectivity index (χ2n) is 7.31. The molecular weight excluding hydrogens is 495 g/mol. The molecule has 30 heavy (non-hydrogen) atoms. The molecule has 1 saturated heterocycles. The first-order valence-corrected chi connectivity index (χ1v) is 10.2. The number of benzene rings is 1. The molecule has 1 aliphatic heterocycles. The first kappa shape index (κ1) is 24.3. The van der Waals surface area contributed by atoms with Crippen LogP contribution in [0.5, 0.6) is 5.75 Å². The Morgan fingerprint density at radius 1 is 1.43 bits per heavy atom. The Balaban J connectivity index is 0.00000320. The molecule has 1 aromatic carbocycles. The van der Waals surface area contributed by atoms with Gasteiger partial charge in [0.2, 0.25) is 0 Å². The minimum absolute atomic E-state index is 0. The van der Waals surface area contributed by atoms with E-state index in [1.165, 1.54) is 0 Å². The molecule has 1 aliphatic rings. The number of aliphatic hydroxyl groups is 1. The minimum Gasteiger partial charge on any atom is -0.497 e. The Hall–Kier alpha value is -2.01. The molecular formula is C21H33IN6O2. The van der Waals surface area contributed by atoms with Crippen molar-refractivity contribution in [2.24, 2.45) is 12.0 Å². The van der Waals surface area contributed by atoms with E-state index in [1.54, 1.807) is 7.11 Å². The van der Waals surface area contributed by atoms with E-state index in [-0.39, 0.29) is 36.6 Å². The van der Waals surface area contributed by atoms with Crippen LogP contribution in [0.3, 0.4) is 0 Å². The number of anilines is 1. The van der Waals surface area contributed by atoms with Crippen LogP contribution in [0, 0.1) is 0 Å². The lowest BCUT2D eigenvalue weighted by Gasteiger charge is -2.34. The highest BCUT2D eigenvalue weighted by atomic mass is 127. The van der Waals surface area contributed by atoms with Gasteiger partial charge in [-0.1, -0.05) is 12.1 Å². The average molecular weight is 528 g/mol. The number of halogens is 1. The highest BCUT2D eigenvalue weighted by molar-refractivity contribution is 14.0. The first-order valence-electron chi connectivity index (χ1n) is 10.2. The Kier molecular flexibility index (Phi) is 9.70. The highest BCUT2D eigenvalue weighted by Crippen LogP contribution is 2.20. The molecule has 8 nitrogen and oxygen atoms in total. The number of rotatable bonds is 7. The van der Waals surface area contributed by atoms with Crippen molar-refractivity contribution >= 4 is 35.6 Å². The zero-order chi connectivity index (χ0) is 20.6. The van der Waals surface area contributed by atoms with Gasteiger partial charge in [-0.3, -0.25) is 9.67 Å². The number of hydrogen-bond acceptors (Lipinski definition) is 5. The Labute approximate surface area is 195 Å². The average Bonchev–Trinajstić information content (AvgIpc) is 3.18. The zero-order valence-corrected chi connectivity index (χ0v) is 20.2. The lowest BCUT2D eigenvalue weighted by Crippen LogP contribution is -2.51. The van der Waals surface area contributed by atoms with E-state index in [9.17, 15) is 5.11 Å². The molecule has 1 aromatic heterocycles. The number of hydrogen-bond donors (Lipinski definition) is 3. The molecule has 0 saturated carbocycles. The van der Waals surface area contributed by atoms with Gasteiger partial charge >= 0.3 is 0 Å². The normalized spacial score (nSPS) is 17.8. The number of methoxy groups -OCH3 is 1. The van der Waals surface area contributed by atoms with E-state index in [0.29, 0.717) is 0 Å². The number of aryl methyl sites for hydroxylation is 1. The van der Waals surface area contributed by atoms with E-state index in [0.717, 1.165) is 55.4 Å². The number of guanidine groups is 1. The van der Waals surface area contributed by atoms with E-state index < -0.39 is 6.10 Å². The quantitative estimate of drug-likeness (QED) is 0.291. The van der Waals surface area contributed by atoms with Crippen LogP contribution in [0.4, 0.5) is 5.69 Å². The molecule has 9 heteroatoms. The molecule has 2 aromatic rings. The Morgan fingerprint density at radius 2 is 2.27 bits per heavy atom. The summed E-state index contributed by atoms with van der Waals surface area (Å²) in [6.45, 7) is 5.01. The molecule has 0 amide bonds. The molecule has 2 unspecified atom stereocenters. The van der Waals surface area contributed by atoms with Crippen molar-refractivity contribution in [3.8, 4) is 5.75 Å². The SMILES string of the molecule is CCNC(=NCC(O)c1cccc(OC)c1)NC1CCCN(c2cnn(C)c2)C1.I. The maximum Gasteiger partial charge on any atom is 0.191 e. The van der Waals surface area contributed by atoms with Gasteiger partial charge in [-0.2, -0.15) is 5.10 Å². The molecule has 2 atom stereocenters. The van der Waals surface area contributed by atoms with Crippen LogP contribution < -0.4 is 20.3 Å². The summed E-state index contributed by atoms with van der Waals surface area (Å²) < 4.78 is 7.07. The Morgan fingerprint density at radius 3 is 2.97 bits per heavy atom. The van der Waals surface area contributed by atoms with Crippen LogP contribution in [0.2, 0.25) is 0 Å². The standard InChI is InChI=1S/C21H32N6O2.HI/c1-4-22-21(23-13-20(28)16-7-5-9-19(11-16)29-3)25-17-8-6-10-27(14-17)18-12-24-26(2)15-18;/h5,7,9,11-12,15,17,20,28H,4,6,8,10,13-14H2,1-3H3,(H2,22,23,25);1H. The zero-order valence-electron chi connectivity index (χ0n) is 17.9. The van der Waals surface area contributed by atoms with Gasteiger partial charge in [-0.15, -0.1) is 24.0 Å². The van der Waals surface area contributed by atoms with Gasteiger partial charge in [-0.25, -0.2) is 0 Å². The van der Waals surface area contributed by atoms with E-state index >= 15 is 0 Å². The molecule has 0 aliphatic carbocycles. The number of nitrogens with one attached hydrogen (secondary N) is 2. The molecule has 166 valence electrons. The Bertz CT molecular complexity index is 812. The maximum absolute atomic E-state index is 10.5. The van der Waals surface area contributed by atoms with Gasteiger partial charge in [0.15, 0.2) is 5.96 Å². The predicted molar refractivity (Wildman–Crippen MR) is 131 cm³/mol. The van der Waals surface area contributed by atoms with Crippen LogP contribution in [0.1, 0.15) is 31.4 Å². The highest BCUT2D eigenvalue weighted by Gasteiger charge is 2.22. The van der Waals surface area contributed by atoms with Gasteiger partial charge in [0.25, 0.3) is 0 Å². The topological polar surface area (TPSA) is 86.9 Å². The number of aromatic nitrogens is 2. The summed E-state index contributed by atoms with van der Waals surface area (Å²) in [4.78, 5) is 6.96. The molecule has 3 N–H and O–H groups in total. The lowest BCUT2D eigenvalue weighted by molar-refractivity contribution is 0.186. The summed E-state index contributed by atoms with van der Waals surface area (Å²) in [5.41, 5.74) is 1.94. The predicted octanol–water partition coefficient (Wildman–Crippen LogP) is 2.30. The number of nitrogens with zero attached hydrogens (tertiary/aromatic N) is 4.